The van der Waals surface area contributed by atoms with Crippen LogP contribution in [0.1, 0.15) is 28.7 Å². The van der Waals surface area contributed by atoms with Crippen LogP contribution in [0.4, 0.5) is 26.3 Å². The summed E-state index contributed by atoms with van der Waals surface area (Å²) >= 11 is 1.21. The molecule has 0 radical (unpaired) electrons. The quantitative estimate of drug-likeness (QED) is 0.324. The molecule has 0 spiro atoms. The SMILES string of the molecule is CN(C1=NC(=O)C(=Cc2ccc3c(cnn3Cc3ccc(C(F)(F)F)cc3C(F)(F)F)c2)S1)C1CCN(CC(N)=O)C1. The van der Waals surface area contributed by atoms with Crippen molar-refractivity contribution >= 4 is 45.7 Å². The van der Waals surface area contributed by atoms with Gasteiger partial charge in [0.25, 0.3) is 5.91 Å². The van der Waals surface area contributed by atoms with E-state index in [4.69, 9.17) is 5.73 Å². The fraction of sp³-hybridized carbons (Fsp3) is 0.333. The van der Waals surface area contributed by atoms with Crippen LogP contribution in [0.2, 0.25) is 0 Å². The van der Waals surface area contributed by atoms with Crippen molar-refractivity contribution in [2.45, 2.75) is 31.4 Å². The highest BCUT2D eigenvalue weighted by molar-refractivity contribution is 8.18. The molecule has 2 amide bonds. The standard InChI is InChI=1S/C27H24F6N6O2S/c1-37(19-6-7-38(13-19)14-23(34)40)25-36-24(41)22(42-25)9-15-2-5-21-17(8-15)11-35-39(21)12-16-3-4-18(26(28,29)30)10-20(16)27(31,32)33/h2-5,8-11,19H,6-7,12-14H2,1H3,(H2,34,40). The zero-order chi connectivity index (χ0) is 30.4. The van der Waals surface area contributed by atoms with Gasteiger partial charge in [-0.15, -0.1) is 0 Å². The number of aromatic nitrogens is 2. The summed E-state index contributed by atoms with van der Waals surface area (Å²) in [6.07, 6.45) is -6.02. The molecule has 5 rings (SSSR count). The highest BCUT2D eigenvalue weighted by Crippen LogP contribution is 2.38. The lowest BCUT2D eigenvalue weighted by Gasteiger charge is -2.25. The molecule has 2 N–H and O–H groups in total. The number of hydrogen-bond acceptors (Lipinski definition) is 6. The van der Waals surface area contributed by atoms with Crippen molar-refractivity contribution in [1.82, 2.24) is 19.6 Å². The maximum absolute atomic E-state index is 13.6. The second-order valence-electron chi connectivity index (χ2n) is 10.1. The molecule has 2 aromatic carbocycles. The van der Waals surface area contributed by atoms with Crippen LogP contribution < -0.4 is 5.73 Å². The molecule has 8 nitrogen and oxygen atoms in total. The summed E-state index contributed by atoms with van der Waals surface area (Å²) < 4.78 is 81.2. The first-order valence-corrected chi connectivity index (χ1v) is 13.5. The third-order valence-corrected chi connectivity index (χ3v) is 8.19. The number of aliphatic imine (C=N–C) groups is 1. The average Bonchev–Trinajstić information content (AvgIpc) is 3.61. The first kappa shape index (κ1) is 29.6. The van der Waals surface area contributed by atoms with Gasteiger partial charge in [0, 0.05) is 31.6 Å². The summed E-state index contributed by atoms with van der Waals surface area (Å²) in [4.78, 5) is 32.3. The molecule has 15 heteroatoms. The number of alkyl halides is 6. The highest BCUT2D eigenvalue weighted by atomic mass is 32.2. The molecule has 42 heavy (non-hydrogen) atoms. The third-order valence-electron chi connectivity index (χ3n) is 7.11. The predicted octanol–water partition coefficient (Wildman–Crippen LogP) is 4.58. The minimum absolute atomic E-state index is 0.0625. The van der Waals surface area contributed by atoms with Gasteiger partial charge in [-0.2, -0.15) is 36.4 Å². The van der Waals surface area contributed by atoms with Crippen molar-refractivity contribution in [2.75, 3.05) is 26.7 Å². The Bertz CT molecular complexity index is 1610. The summed E-state index contributed by atoms with van der Waals surface area (Å²) in [5.74, 6) is -0.814. The lowest BCUT2D eigenvalue weighted by Crippen LogP contribution is -2.39. The number of carbonyl (C=O) groups excluding carboxylic acids is 2. The topological polar surface area (TPSA) is 96.8 Å². The van der Waals surface area contributed by atoms with Gasteiger partial charge in [0.05, 0.1) is 40.8 Å². The van der Waals surface area contributed by atoms with E-state index < -0.39 is 41.8 Å². The number of hydrogen-bond donors (Lipinski definition) is 1. The van der Waals surface area contributed by atoms with Gasteiger partial charge < -0.3 is 10.6 Å². The molecule has 1 atom stereocenters. The van der Waals surface area contributed by atoms with E-state index in [0.29, 0.717) is 45.7 Å². The van der Waals surface area contributed by atoms with Crippen LogP contribution in [-0.2, 0) is 28.5 Å². The lowest BCUT2D eigenvalue weighted by molar-refractivity contribution is -0.143. The molecule has 3 heterocycles. The molecular weight excluding hydrogens is 586 g/mol. The highest BCUT2D eigenvalue weighted by Gasteiger charge is 2.38. The van der Waals surface area contributed by atoms with Gasteiger partial charge >= 0.3 is 12.4 Å². The zero-order valence-corrected chi connectivity index (χ0v) is 22.9. The average molecular weight is 611 g/mol. The number of carbonyl (C=O) groups is 2. The van der Waals surface area contributed by atoms with Crippen molar-refractivity contribution < 1.29 is 35.9 Å². The maximum atomic E-state index is 13.6. The minimum atomic E-state index is -4.99. The first-order valence-electron chi connectivity index (χ1n) is 12.7. The van der Waals surface area contributed by atoms with Gasteiger partial charge in [-0.05, 0) is 59.7 Å². The number of benzene rings is 2. The Morgan fingerprint density at radius 2 is 1.90 bits per heavy atom. The number of rotatable bonds is 6. The number of nitrogens with two attached hydrogens (primary N) is 1. The number of amidine groups is 1. The van der Waals surface area contributed by atoms with E-state index in [1.54, 1.807) is 24.3 Å². The third kappa shape index (κ3) is 6.31. The van der Waals surface area contributed by atoms with Crippen molar-refractivity contribution in [1.29, 1.82) is 0 Å². The van der Waals surface area contributed by atoms with Gasteiger partial charge in [0.15, 0.2) is 5.17 Å². The van der Waals surface area contributed by atoms with Gasteiger partial charge in [0.1, 0.15) is 0 Å². The summed E-state index contributed by atoms with van der Waals surface area (Å²) in [5.41, 5.74) is 3.27. The molecule has 2 aliphatic heterocycles. The van der Waals surface area contributed by atoms with E-state index in [0.717, 1.165) is 12.5 Å². The predicted molar refractivity (Wildman–Crippen MR) is 145 cm³/mol. The van der Waals surface area contributed by atoms with Crippen molar-refractivity contribution in [3.8, 4) is 0 Å². The molecule has 0 bridgehead atoms. The number of likely N-dealkylation sites (N-methyl/N-ethyl adjacent to an activating group) is 1. The Kier molecular flexibility index (Phi) is 7.83. The molecular formula is C27H24F6N6O2S. The molecule has 1 saturated heterocycles. The van der Waals surface area contributed by atoms with Crippen LogP contribution in [0.25, 0.3) is 17.0 Å². The van der Waals surface area contributed by atoms with Crippen LogP contribution in [0.3, 0.4) is 0 Å². The Hall–Kier alpha value is -3.85. The molecule has 1 fully saturated rings. The van der Waals surface area contributed by atoms with Crippen LogP contribution >= 0.6 is 11.8 Å². The van der Waals surface area contributed by atoms with Crippen LogP contribution in [0.15, 0.2) is 52.5 Å². The van der Waals surface area contributed by atoms with Crippen LogP contribution in [0, 0.1) is 0 Å². The van der Waals surface area contributed by atoms with E-state index in [1.165, 1.54) is 22.6 Å². The van der Waals surface area contributed by atoms with Crippen molar-refractivity contribution in [3.05, 3.63) is 69.8 Å². The van der Waals surface area contributed by atoms with E-state index in [9.17, 15) is 35.9 Å². The smallest absolute Gasteiger partial charge is 0.369 e. The number of thioether (sulfide) groups is 1. The first-order chi connectivity index (χ1) is 19.7. The van der Waals surface area contributed by atoms with Gasteiger partial charge in [-0.3, -0.25) is 19.2 Å². The second-order valence-corrected chi connectivity index (χ2v) is 11.1. The summed E-state index contributed by atoms with van der Waals surface area (Å²) in [6.45, 7) is 1.09. The largest absolute Gasteiger partial charge is 0.416 e. The Labute approximate surface area is 239 Å². The van der Waals surface area contributed by atoms with E-state index >= 15 is 0 Å². The Balaban J connectivity index is 1.32. The molecule has 2 aliphatic rings. The van der Waals surface area contributed by atoms with Crippen molar-refractivity contribution in [2.24, 2.45) is 10.7 Å². The summed E-state index contributed by atoms with van der Waals surface area (Å²) in [6, 6.07) is 6.60. The monoisotopic (exact) mass is 610 g/mol. The number of amides is 2. The van der Waals surface area contributed by atoms with Crippen molar-refractivity contribution in [3.63, 3.8) is 0 Å². The fourth-order valence-electron chi connectivity index (χ4n) is 4.99. The van der Waals surface area contributed by atoms with E-state index in [-0.39, 0.29) is 24.2 Å². The van der Waals surface area contributed by atoms with E-state index in [2.05, 4.69) is 10.1 Å². The second kappa shape index (κ2) is 11.1. The molecule has 1 unspecified atom stereocenters. The molecule has 3 aromatic rings. The van der Waals surface area contributed by atoms with Gasteiger partial charge in [-0.25, -0.2) is 0 Å². The zero-order valence-electron chi connectivity index (χ0n) is 22.0. The van der Waals surface area contributed by atoms with Crippen LogP contribution in [0.5, 0.6) is 0 Å². The summed E-state index contributed by atoms with van der Waals surface area (Å²) in [5, 5.41) is 5.25. The van der Waals surface area contributed by atoms with Crippen LogP contribution in [-0.4, -0.2) is 69.3 Å². The normalized spacial score (nSPS) is 19.2. The Morgan fingerprint density at radius 1 is 1.14 bits per heavy atom. The Morgan fingerprint density at radius 3 is 2.60 bits per heavy atom. The number of halogens is 6. The lowest BCUT2D eigenvalue weighted by atomic mass is 10.0. The number of primary amides is 1. The number of likely N-dealkylation sites (tertiary alicyclic amines) is 1. The maximum Gasteiger partial charge on any atom is 0.416 e. The molecule has 1 aromatic heterocycles. The van der Waals surface area contributed by atoms with E-state index in [1.807, 2.05) is 16.8 Å². The fourth-order valence-corrected chi connectivity index (χ4v) is 5.93. The molecule has 0 saturated carbocycles. The molecule has 222 valence electrons. The minimum Gasteiger partial charge on any atom is -0.369 e. The molecule has 0 aliphatic carbocycles. The summed E-state index contributed by atoms with van der Waals surface area (Å²) in [7, 11) is 1.84. The number of nitrogens with zero attached hydrogens (tertiary/aromatic N) is 5. The number of fused-ring (bicyclic) bond motifs is 1. The van der Waals surface area contributed by atoms with Gasteiger partial charge in [0.2, 0.25) is 5.91 Å². The van der Waals surface area contributed by atoms with Gasteiger partial charge in [-0.1, -0.05) is 12.1 Å².